The number of carbonyl (C=O) groups is 2. The first-order chi connectivity index (χ1) is 13.9. The smallest absolute Gasteiger partial charge is 0.257 e. The molecule has 0 spiro atoms. The molecule has 0 unspecified atom stereocenters. The zero-order chi connectivity index (χ0) is 21.0. The maximum atomic E-state index is 13.7. The quantitative estimate of drug-likeness (QED) is 0.807. The molecule has 1 aliphatic heterocycles. The first-order valence-electron chi connectivity index (χ1n) is 9.64. The van der Waals surface area contributed by atoms with Gasteiger partial charge in [0.2, 0.25) is 5.91 Å². The van der Waals surface area contributed by atoms with Crippen molar-refractivity contribution in [2.75, 3.05) is 19.6 Å². The molecule has 0 bridgehead atoms. The van der Waals surface area contributed by atoms with Crippen molar-refractivity contribution in [1.29, 1.82) is 0 Å². The second kappa shape index (κ2) is 9.03. The summed E-state index contributed by atoms with van der Waals surface area (Å²) in [5.74, 6) is -2.31. The Morgan fingerprint density at radius 3 is 2.55 bits per heavy atom. The van der Waals surface area contributed by atoms with Gasteiger partial charge in [-0.1, -0.05) is 24.3 Å². The first kappa shape index (κ1) is 20.8. The van der Waals surface area contributed by atoms with E-state index in [0.29, 0.717) is 43.6 Å². The Balaban J connectivity index is 1.47. The van der Waals surface area contributed by atoms with Crippen LogP contribution in [0.2, 0.25) is 0 Å². The predicted molar refractivity (Wildman–Crippen MR) is 105 cm³/mol. The lowest BCUT2D eigenvalue weighted by molar-refractivity contribution is -0.120. The topological polar surface area (TPSA) is 69.6 Å². The van der Waals surface area contributed by atoms with Crippen LogP contribution in [0.15, 0.2) is 36.4 Å². The average molecular weight is 402 g/mol. The number of hydrogen-bond donors (Lipinski definition) is 2. The Morgan fingerprint density at radius 2 is 1.83 bits per heavy atom. The summed E-state index contributed by atoms with van der Waals surface area (Å²) in [4.78, 5) is 26.4. The summed E-state index contributed by atoms with van der Waals surface area (Å²) in [5.41, 5.74) is 0.984. The molecule has 29 heavy (non-hydrogen) atoms. The van der Waals surface area contributed by atoms with Crippen LogP contribution in [0.4, 0.5) is 8.78 Å². The van der Waals surface area contributed by atoms with E-state index < -0.39 is 11.6 Å². The van der Waals surface area contributed by atoms with Crippen LogP contribution in [0.5, 0.6) is 5.75 Å². The van der Waals surface area contributed by atoms with E-state index >= 15 is 0 Å². The van der Waals surface area contributed by atoms with E-state index in [2.05, 4.69) is 5.32 Å². The van der Waals surface area contributed by atoms with Crippen molar-refractivity contribution in [3.63, 3.8) is 0 Å². The minimum absolute atomic E-state index is 0.0106. The number of nitrogens with zero attached hydrogens (tertiary/aromatic N) is 1. The fourth-order valence-corrected chi connectivity index (χ4v) is 3.52. The zero-order valence-corrected chi connectivity index (χ0v) is 16.3. The van der Waals surface area contributed by atoms with Gasteiger partial charge < -0.3 is 15.3 Å². The third-order valence-electron chi connectivity index (χ3n) is 5.34. The SMILES string of the molecule is Cc1cccc(C(=O)N2CCC(CNC(=O)Cc3cccc(F)c3F)CC2)c1O. The Labute approximate surface area is 168 Å². The first-order valence-corrected chi connectivity index (χ1v) is 9.64. The van der Waals surface area contributed by atoms with E-state index in [4.69, 9.17) is 0 Å². The van der Waals surface area contributed by atoms with Crippen LogP contribution in [0.1, 0.15) is 34.3 Å². The van der Waals surface area contributed by atoms with E-state index in [1.807, 2.05) is 0 Å². The van der Waals surface area contributed by atoms with Crippen LogP contribution in [-0.4, -0.2) is 41.5 Å². The van der Waals surface area contributed by atoms with Gasteiger partial charge in [-0.2, -0.15) is 0 Å². The molecule has 5 nitrogen and oxygen atoms in total. The Hall–Kier alpha value is -2.96. The van der Waals surface area contributed by atoms with Crippen molar-refractivity contribution in [2.24, 2.45) is 5.92 Å². The number of aryl methyl sites for hydroxylation is 1. The van der Waals surface area contributed by atoms with Gasteiger partial charge in [0.05, 0.1) is 12.0 Å². The van der Waals surface area contributed by atoms with Crippen LogP contribution >= 0.6 is 0 Å². The molecule has 0 radical (unpaired) electrons. The van der Waals surface area contributed by atoms with Crippen molar-refractivity contribution in [2.45, 2.75) is 26.2 Å². The van der Waals surface area contributed by atoms with Gasteiger partial charge in [0.1, 0.15) is 5.75 Å². The molecule has 0 saturated carbocycles. The van der Waals surface area contributed by atoms with E-state index in [1.165, 1.54) is 12.1 Å². The fourth-order valence-electron chi connectivity index (χ4n) is 3.52. The largest absolute Gasteiger partial charge is 0.507 e. The minimum atomic E-state index is -0.992. The van der Waals surface area contributed by atoms with Gasteiger partial charge in [0, 0.05) is 25.2 Å². The molecule has 2 aromatic rings. The Kier molecular flexibility index (Phi) is 6.46. The second-order valence-corrected chi connectivity index (χ2v) is 7.40. The third kappa shape index (κ3) is 4.91. The summed E-state index contributed by atoms with van der Waals surface area (Å²) < 4.78 is 26.9. The van der Waals surface area contributed by atoms with Crippen LogP contribution in [0, 0.1) is 24.5 Å². The van der Waals surface area contributed by atoms with Gasteiger partial charge in [-0.05, 0) is 43.4 Å². The molecule has 154 valence electrons. The van der Waals surface area contributed by atoms with E-state index in [1.54, 1.807) is 30.0 Å². The zero-order valence-electron chi connectivity index (χ0n) is 16.3. The summed E-state index contributed by atoms with van der Waals surface area (Å²) in [6, 6.07) is 8.89. The number of carbonyl (C=O) groups excluding carboxylic acids is 2. The highest BCUT2D eigenvalue weighted by atomic mass is 19.2. The summed E-state index contributed by atoms with van der Waals surface area (Å²) in [5, 5.41) is 12.9. The molecule has 7 heteroatoms. The van der Waals surface area contributed by atoms with Gasteiger partial charge in [0.15, 0.2) is 11.6 Å². The summed E-state index contributed by atoms with van der Waals surface area (Å²) >= 11 is 0. The molecule has 0 aromatic heterocycles. The van der Waals surface area contributed by atoms with Crippen LogP contribution < -0.4 is 5.32 Å². The fraction of sp³-hybridized carbons (Fsp3) is 0.364. The summed E-state index contributed by atoms with van der Waals surface area (Å²) in [6.07, 6.45) is 1.22. The number of phenols is 1. The average Bonchev–Trinajstić information content (AvgIpc) is 2.72. The van der Waals surface area contributed by atoms with Crippen LogP contribution in [-0.2, 0) is 11.2 Å². The predicted octanol–water partition coefficient (Wildman–Crippen LogP) is 3.19. The van der Waals surface area contributed by atoms with Crippen molar-refractivity contribution >= 4 is 11.8 Å². The Bertz CT molecular complexity index is 909. The molecule has 1 heterocycles. The number of para-hydroxylation sites is 1. The number of nitrogens with one attached hydrogen (secondary N) is 1. The molecule has 2 aromatic carbocycles. The number of benzene rings is 2. The highest BCUT2D eigenvalue weighted by Crippen LogP contribution is 2.25. The van der Waals surface area contributed by atoms with Gasteiger partial charge in [-0.25, -0.2) is 8.78 Å². The number of piperidine rings is 1. The molecule has 0 aliphatic carbocycles. The highest BCUT2D eigenvalue weighted by molar-refractivity contribution is 5.97. The van der Waals surface area contributed by atoms with Crippen LogP contribution in [0.25, 0.3) is 0 Å². The number of likely N-dealkylation sites (tertiary alicyclic amines) is 1. The monoisotopic (exact) mass is 402 g/mol. The highest BCUT2D eigenvalue weighted by Gasteiger charge is 2.25. The number of phenolic OH excluding ortho intramolecular Hbond substituents is 1. The molecule has 2 amide bonds. The standard InChI is InChI=1S/C22H24F2N2O3/c1-14-4-2-6-17(21(14)28)22(29)26-10-8-15(9-11-26)13-25-19(27)12-16-5-3-7-18(23)20(16)24/h2-7,15,28H,8-13H2,1H3,(H,25,27). The molecule has 1 fully saturated rings. The van der Waals surface area contributed by atoms with E-state index in [9.17, 15) is 23.5 Å². The van der Waals surface area contributed by atoms with Crippen LogP contribution in [0.3, 0.4) is 0 Å². The second-order valence-electron chi connectivity index (χ2n) is 7.40. The minimum Gasteiger partial charge on any atom is -0.507 e. The van der Waals surface area contributed by atoms with Gasteiger partial charge in [-0.3, -0.25) is 9.59 Å². The molecular weight excluding hydrogens is 378 g/mol. The summed E-state index contributed by atoms with van der Waals surface area (Å²) in [6.45, 7) is 3.24. The Morgan fingerprint density at radius 1 is 1.14 bits per heavy atom. The van der Waals surface area contributed by atoms with Crippen molar-refractivity contribution in [3.8, 4) is 5.75 Å². The van der Waals surface area contributed by atoms with E-state index in [0.717, 1.165) is 6.07 Å². The molecule has 2 N–H and O–H groups in total. The van der Waals surface area contributed by atoms with Gasteiger partial charge in [-0.15, -0.1) is 0 Å². The summed E-state index contributed by atoms with van der Waals surface area (Å²) in [7, 11) is 0. The lowest BCUT2D eigenvalue weighted by atomic mass is 9.96. The maximum absolute atomic E-state index is 13.7. The van der Waals surface area contributed by atoms with Crippen molar-refractivity contribution < 1.29 is 23.5 Å². The number of halogens is 2. The molecule has 0 atom stereocenters. The lowest BCUT2D eigenvalue weighted by Gasteiger charge is -2.32. The third-order valence-corrected chi connectivity index (χ3v) is 5.34. The van der Waals surface area contributed by atoms with Crippen molar-refractivity contribution in [1.82, 2.24) is 10.2 Å². The number of rotatable bonds is 5. The van der Waals surface area contributed by atoms with Gasteiger partial charge in [0.25, 0.3) is 5.91 Å². The molecular formula is C22H24F2N2O3. The number of aromatic hydroxyl groups is 1. The lowest BCUT2D eigenvalue weighted by Crippen LogP contribution is -2.41. The van der Waals surface area contributed by atoms with E-state index in [-0.39, 0.29) is 35.5 Å². The number of amides is 2. The normalized spacial score (nSPS) is 14.7. The molecule has 3 rings (SSSR count). The van der Waals surface area contributed by atoms with Crippen molar-refractivity contribution in [3.05, 3.63) is 64.7 Å². The van der Waals surface area contributed by atoms with Gasteiger partial charge >= 0.3 is 0 Å². The molecule has 1 aliphatic rings. The maximum Gasteiger partial charge on any atom is 0.257 e. The molecule has 1 saturated heterocycles. The number of hydrogen-bond acceptors (Lipinski definition) is 3.